The molecule has 0 aromatic heterocycles. The molecule has 10 heteroatoms. The Balaban J connectivity index is 1.53. The van der Waals surface area contributed by atoms with E-state index >= 15 is 0 Å². The maximum Gasteiger partial charge on any atom is 0.269 e. The van der Waals surface area contributed by atoms with Gasteiger partial charge in [-0.15, -0.1) is 0 Å². The van der Waals surface area contributed by atoms with Gasteiger partial charge in [-0.1, -0.05) is 66.2 Å². The Kier molecular flexibility index (Phi) is 8.48. The topological polar surface area (TPSA) is 104 Å². The summed E-state index contributed by atoms with van der Waals surface area (Å²) in [4.78, 5) is 40.8. The molecule has 0 radical (unpaired) electrons. The summed E-state index contributed by atoms with van der Waals surface area (Å²) in [6.45, 7) is 0.0208. The van der Waals surface area contributed by atoms with Crippen molar-refractivity contribution in [2.24, 2.45) is 0 Å². The fourth-order valence-corrected chi connectivity index (χ4v) is 6.21. The van der Waals surface area contributed by atoms with E-state index in [4.69, 9.17) is 11.6 Å². The smallest absolute Gasteiger partial charge is 0.269 e. The highest BCUT2D eigenvalue weighted by molar-refractivity contribution is 7.90. The van der Waals surface area contributed by atoms with Crippen LogP contribution in [0.5, 0.6) is 0 Å². The molecule has 3 aromatic carbocycles. The molecular formula is C28H28ClN3O5S. The van der Waals surface area contributed by atoms with E-state index in [9.17, 15) is 22.8 Å². The lowest BCUT2D eigenvalue weighted by molar-refractivity contribution is -0.141. The second-order valence-corrected chi connectivity index (χ2v) is 11.2. The number of carbonyl (C=O) groups excluding carboxylic acids is 3. The highest BCUT2D eigenvalue weighted by Crippen LogP contribution is 2.30. The molecular weight excluding hydrogens is 526 g/mol. The third-order valence-corrected chi connectivity index (χ3v) is 8.54. The van der Waals surface area contributed by atoms with Crippen molar-refractivity contribution in [1.29, 1.82) is 0 Å². The van der Waals surface area contributed by atoms with Crippen molar-refractivity contribution in [2.75, 3.05) is 13.6 Å². The van der Waals surface area contributed by atoms with Crippen LogP contribution in [0.1, 0.15) is 34.3 Å². The molecule has 4 rings (SSSR count). The molecule has 3 amide bonds. The van der Waals surface area contributed by atoms with Gasteiger partial charge < -0.3 is 10.2 Å². The molecule has 38 heavy (non-hydrogen) atoms. The zero-order valence-corrected chi connectivity index (χ0v) is 22.4. The molecule has 8 nitrogen and oxygen atoms in total. The lowest BCUT2D eigenvalue weighted by atomic mass is 10.0. The number of hydrogen-bond acceptors (Lipinski definition) is 5. The first-order chi connectivity index (χ1) is 18.2. The van der Waals surface area contributed by atoms with E-state index in [0.29, 0.717) is 11.4 Å². The number of hydrogen-bond donors (Lipinski definition) is 1. The molecule has 0 fully saturated rings. The number of likely N-dealkylation sites (N-methyl/N-ethyl adjacent to an activating group) is 1. The van der Waals surface area contributed by atoms with Gasteiger partial charge in [-0.05, 0) is 41.8 Å². The van der Waals surface area contributed by atoms with E-state index in [-0.39, 0.29) is 48.2 Å². The summed E-state index contributed by atoms with van der Waals surface area (Å²) >= 11 is 6.03. The highest BCUT2D eigenvalue weighted by Gasteiger charge is 2.40. The normalized spacial score (nSPS) is 14.6. The molecule has 0 saturated heterocycles. The van der Waals surface area contributed by atoms with E-state index in [1.807, 2.05) is 30.3 Å². The molecule has 1 aliphatic heterocycles. The highest BCUT2D eigenvalue weighted by atomic mass is 35.5. The first kappa shape index (κ1) is 27.3. The molecule has 198 valence electrons. The van der Waals surface area contributed by atoms with Crippen LogP contribution in [0.2, 0.25) is 5.02 Å². The van der Waals surface area contributed by atoms with Crippen LogP contribution < -0.4 is 5.32 Å². The number of nitrogens with zero attached hydrogens (tertiary/aromatic N) is 2. The number of halogens is 1. The molecule has 1 heterocycles. The van der Waals surface area contributed by atoms with Crippen molar-refractivity contribution in [3.8, 4) is 0 Å². The van der Waals surface area contributed by atoms with Crippen molar-refractivity contribution in [3.63, 3.8) is 0 Å². The van der Waals surface area contributed by atoms with Gasteiger partial charge in [0.15, 0.2) is 0 Å². The molecule has 3 aromatic rings. The number of benzene rings is 3. The molecule has 1 aliphatic rings. The lowest BCUT2D eigenvalue weighted by Crippen LogP contribution is -2.49. The SMILES string of the molecule is CNC(=O)[C@H](Cc1ccccc1)N(Cc1ccc(Cl)cc1)C(=O)CCCN1C(=O)c2ccccc2S1(=O)=O. The predicted octanol–water partition coefficient (Wildman–Crippen LogP) is 3.65. The van der Waals surface area contributed by atoms with Crippen LogP contribution in [-0.2, 0) is 32.6 Å². The Hall–Kier alpha value is -3.69. The van der Waals surface area contributed by atoms with Gasteiger partial charge in [0.25, 0.3) is 15.9 Å². The van der Waals surface area contributed by atoms with Crippen LogP contribution in [-0.4, -0.2) is 55.0 Å². The maximum absolute atomic E-state index is 13.6. The van der Waals surface area contributed by atoms with Gasteiger partial charge in [-0.3, -0.25) is 14.4 Å². The standard InChI is InChI=1S/C28H28ClN3O5S/c1-30-27(34)24(18-20-8-3-2-4-9-20)31(19-21-13-15-22(29)16-14-21)26(33)12-7-17-32-28(35)23-10-5-6-11-25(23)38(32,36)37/h2-6,8-11,13-16,24H,7,12,17-19H2,1H3,(H,30,34)/t24-/m0/s1. The quantitative estimate of drug-likeness (QED) is 0.413. The summed E-state index contributed by atoms with van der Waals surface area (Å²) in [5.41, 5.74) is 1.81. The lowest BCUT2D eigenvalue weighted by Gasteiger charge is -2.31. The summed E-state index contributed by atoms with van der Waals surface area (Å²) in [6, 6.07) is 21.7. The molecule has 0 saturated carbocycles. The van der Waals surface area contributed by atoms with Crippen LogP contribution in [0.25, 0.3) is 0 Å². The number of fused-ring (bicyclic) bond motifs is 1. The average molecular weight is 554 g/mol. The molecule has 1 atom stereocenters. The maximum atomic E-state index is 13.6. The Morgan fingerprint density at radius 2 is 1.61 bits per heavy atom. The van der Waals surface area contributed by atoms with E-state index in [1.165, 1.54) is 24.1 Å². The summed E-state index contributed by atoms with van der Waals surface area (Å²) in [7, 11) is -2.44. The summed E-state index contributed by atoms with van der Waals surface area (Å²) in [6.07, 6.45) is 0.361. The van der Waals surface area contributed by atoms with E-state index in [0.717, 1.165) is 15.4 Å². The first-order valence-electron chi connectivity index (χ1n) is 12.2. The van der Waals surface area contributed by atoms with Crippen LogP contribution in [0.15, 0.2) is 83.8 Å². The average Bonchev–Trinajstić information content (AvgIpc) is 3.12. The van der Waals surface area contributed by atoms with Gasteiger partial charge in [0.1, 0.15) is 10.9 Å². The van der Waals surface area contributed by atoms with Crippen LogP contribution in [0.4, 0.5) is 0 Å². The Labute approximate surface area is 227 Å². The molecule has 0 spiro atoms. The van der Waals surface area contributed by atoms with Crippen LogP contribution in [0.3, 0.4) is 0 Å². The van der Waals surface area contributed by atoms with E-state index in [1.54, 1.807) is 36.4 Å². The number of sulfonamides is 1. The van der Waals surface area contributed by atoms with Crippen molar-refractivity contribution < 1.29 is 22.8 Å². The minimum absolute atomic E-state index is 0.0248. The number of rotatable bonds is 10. The van der Waals surface area contributed by atoms with Gasteiger partial charge in [-0.2, -0.15) is 0 Å². The Morgan fingerprint density at radius 1 is 0.947 bits per heavy atom. The molecule has 0 aliphatic carbocycles. The van der Waals surface area contributed by atoms with Gasteiger partial charge >= 0.3 is 0 Å². The number of carbonyl (C=O) groups is 3. The minimum atomic E-state index is -3.96. The van der Waals surface area contributed by atoms with Gasteiger partial charge in [0, 0.05) is 38.0 Å². The number of nitrogens with one attached hydrogen (secondary N) is 1. The monoisotopic (exact) mass is 553 g/mol. The fourth-order valence-electron chi connectivity index (χ4n) is 4.48. The van der Waals surface area contributed by atoms with E-state index < -0.39 is 22.0 Å². The van der Waals surface area contributed by atoms with Gasteiger partial charge in [0.2, 0.25) is 11.8 Å². The Bertz CT molecular complexity index is 1430. The predicted molar refractivity (Wildman–Crippen MR) is 144 cm³/mol. The minimum Gasteiger partial charge on any atom is -0.357 e. The van der Waals surface area contributed by atoms with Gasteiger partial charge in [-0.25, -0.2) is 12.7 Å². The summed E-state index contributed by atoms with van der Waals surface area (Å²) < 4.78 is 26.5. The molecule has 0 bridgehead atoms. The van der Waals surface area contributed by atoms with Crippen LogP contribution in [0, 0.1) is 0 Å². The zero-order valence-electron chi connectivity index (χ0n) is 20.8. The summed E-state index contributed by atoms with van der Waals surface area (Å²) in [5, 5.41) is 3.21. The molecule has 1 N–H and O–H groups in total. The second-order valence-electron chi connectivity index (χ2n) is 8.95. The van der Waals surface area contributed by atoms with Crippen molar-refractivity contribution in [1.82, 2.24) is 14.5 Å². The van der Waals surface area contributed by atoms with Crippen molar-refractivity contribution in [3.05, 3.63) is 101 Å². The largest absolute Gasteiger partial charge is 0.357 e. The summed E-state index contributed by atoms with van der Waals surface area (Å²) in [5.74, 6) is -1.24. The van der Waals surface area contributed by atoms with E-state index in [2.05, 4.69) is 5.32 Å². The first-order valence-corrected chi connectivity index (χ1v) is 14.0. The zero-order chi connectivity index (χ0) is 27.3. The fraction of sp³-hybridized carbons (Fsp3) is 0.250. The van der Waals surface area contributed by atoms with Crippen molar-refractivity contribution >= 4 is 39.3 Å². The van der Waals surface area contributed by atoms with Crippen LogP contribution >= 0.6 is 11.6 Å². The van der Waals surface area contributed by atoms with Crippen molar-refractivity contribution in [2.45, 2.75) is 36.7 Å². The Morgan fingerprint density at radius 3 is 2.26 bits per heavy atom. The van der Waals surface area contributed by atoms with Gasteiger partial charge in [0.05, 0.1) is 5.56 Å². The second kappa shape index (κ2) is 11.8. The molecule has 0 unspecified atom stereocenters. The third kappa shape index (κ3) is 5.89. The third-order valence-electron chi connectivity index (χ3n) is 6.45. The number of amides is 3.